The minimum atomic E-state index is -4.32. The molecule has 1 saturated heterocycles. The van der Waals surface area contributed by atoms with Crippen molar-refractivity contribution in [1.82, 2.24) is 39.0 Å². The third kappa shape index (κ3) is 11.4. The molecule has 0 radical (unpaired) electrons. The van der Waals surface area contributed by atoms with Crippen molar-refractivity contribution in [3.8, 4) is 0 Å². The van der Waals surface area contributed by atoms with Crippen molar-refractivity contribution >= 4 is 55.5 Å². The molecule has 1 aliphatic heterocycles. The van der Waals surface area contributed by atoms with E-state index < -0.39 is 43.4 Å². The van der Waals surface area contributed by atoms with E-state index >= 15 is 0 Å². The van der Waals surface area contributed by atoms with Gasteiger partial charge in [-0.05, 0) is 137 Å². The number of benzene rings is 2. The van der Waals surface area contributed by atoms with Crippen LogP contribution in [0.4, 0.5) is 38.0 Å². The Labute approximate surface area is 429 Å². The Balaban J connectivity index is 0.000000172. The van der Waals surface area contributed by atoms with E-state index in [9.17, 15) is 36.6 Å². The van der Waals surface area contributed by atoms with Crippen molar-refractivity contribution in [2.24, 2.45) is 11.8 Å². The summed E-state index contributed by atoms with van der Waals surface area (Å²) in [5.74, 6) is -0.117. The molecule has 20 heteroatoms. The summed E-state index contributed by atoms with van der Waals surface area (Å²) >= 11 is 0. The minimum absolute atomic E-state index is 0.0355. The molecule has 8 aromatic rings. The molecule has 6 aromatic heterocycles. The lowest BCUT2D eigenvalue weighted by Gasteiger charge is -2.24. The third-order valence-corrected chi connectivity index (χ3v) is 15.0. The van der Waals surface area contributed by atoms with Crippen LogP contribution in [0.2, 0.25) is 0 Å². The maximum atomic E-state index is 12.6. The molecular formula is C55H60F6N10O4. The van der Waals surface area contributed by atoms with Gasteiger partial charge in [0.05, 0.1) is 46.7 Å². The van der Waals surface area contributed by atoms with Crippen LogP contribution >= 0.6 is 0 Å². The van der Waals surface area contributed by atoms with Crippen LogP contribution in [-0.2, 0) is 35.2 Å². The van der Waals surface area contributed by atoms with Crippen LogP contribution in [0.1, 0.15) is 88.0 Å². The Kier molecular flexibility index (Phi) is 14.5. The number of fused-ring (bicyclic) bond motifs is 5. The Morgan fingerprint density at radius 2 is 1.07 bits per heavy atom. The Morgan fingerprint density at radius 3 is 1.57 bits per heavy atom. The molecule has 0 spiro atoms. The highest BCUT2D eigenvalue weighted by atomic mass is 19.4. The Bertz CT molecular complexity index is 3310. The van der Waals surface area contributed by atoms with E-state index in [2.05, 4.69) is 70.4 Å². The standard InChI is InChI=1S/C29H32F3N5O2.C26H28F3N5O2/c1-4-21-20-11-12-37(27(20)35-16-34-21)23-14-19(25-26(23)39-28(2,3)38-25)8-6-17-5-7-18-9-10-24(36-22(18)13-17)33-15-29(30,31)32;1-2-19-18-9-10-34(25(18)32-14-31-19)21-12-17(23(35)24(21)36)6-4-15-3-5-16-7-8-22(33-20(16)11-15)30-13-26(27,28)29/h5,7,9-13,16,19,23,25-26H,4,6,8,14-15H2,1-3H3,(H,33,36);3,5,7-11,14,17,21,23-24,35-36H,2,4,6,12-13H2,1H3,(H,30,33)/t19-,23+,25+,26-;17-,21+,23+,24-/m00/s1. The van der Waals surface area contributed by atoms with Crippen LogP contribution in [0.5, 0.6) is 0 Å². The molecule has 7 heterocycles. The number of aryl methyl sites for hydroxylation is 4. The number of halogens is 6. The van der Waals surface area contributed by atoms with Crippen LogP contribution in [0, 0.1) is 11.8 Å². The summed E-state index contributed by atoms with van der Waals surface area (Å²) in [6.07, 6.45) is 2.78. The molecule has 2 aliphatic carbocycles. The number of ether oxygens (including phenoxy) is 2. The zero-order valence-corrected chi connectivity index (χ0v) is 42.0. The molecule has 11 rings (SSSR count). The van der Waals surface area contributed by atoms with Gasteiger partial charge in [-0.25, -0.2) is 29.9 Å². The van der Waals surface area contributed by atoms with Crippen molar-refractivity contribution < 1.29 is 46.0 Å². The fraction of sp³-hybridized carbons (Fsp3) is 0.455. The van der Waals surface area contributed by atoms with Crippen molar-refractivity contribution in [2.75, 3.05) is 23.7 Å². The number of alkyl halides is 6. The van der Waals surface area contributed by atoms with E-state index in [1.54, 1.807) is 24.5 Å². The van der Waals surface area contributed by atoms with Crippen LogP contribution in [-0.4, -0.2) is 105 Å². The van der Waals surface area contributed by atoms with Gasteiger partial charge < -0.3 is 39.5 Å². The lowest BCUT2D eigenvalue weighted by molar-refractivity contribution is -0.160. The summed E-state index contributed by atoms with van der Waals surface area (Å²) in [7, 11) is 0. The van der Waals surface area contributed by atoms with E-state index in [0.29, 0.717) is 30.3 Å². The fourth-order valence-electron chi connectivity index (χ4n) is 11.3. The van der Waals surface area contributed by atoms with E-state index in [4.69, 9.17) is 9.47 Å². The molecule has 0 amide bonds. The van der Waals surface area contributed by atoms with Gasteiger partial charge in [0, 0.05) is 33.9 Å². The van der Waals surface area contributed by atoms with Gasteiger partial charge in [-0.2, -0.15) is 26.3 Å². The molecule has 8 atom stereocenters. The van der Waals surface area contributed by atoms with Crippen molar-refractivity contribution in [2.45, 2.75) is 134 Å². The average Bonchev–Trinajstić information content (AvgIpc) is 4.22. The summed E-state index contributed by atoms with van der Waals surface area (Å²) in [6.45, 7) is 5.80. The van der Waals surface area contributed by atoms with Gasteiger partial charge in [0.25, 0.3) is 0 Å². The zero-order valence-electron chi connectivity index (χ0n) is 42.0. The Hall–Kier alpha value is -6.48. The molecule has 14 nitrogen and oxygen atoms in total. The SMILES string of the molecule is CCc1ncnc2c1ccn2[C@@H]1C[C@H](CCc2ccc3ccc(NCC(F)(F)F)nc3c2)[C@@H](O)[C@H]1O.CCc1ncnc2c1ccn2[C@@H]1C[C@H](CCc2ccc3ccc(NCC(F)(F)F)nc3c2)[C@H]2OC(C)(C)O[C@H]21. The number of nitrogens with zero attached hydrogens (tertiary/aromatic N) is 8. The van der Waals surface area contributed by atoms with Crippen LogP contribution in [0.3, 0.4) is 0 Å². The second-order valence-corrected chi connectivity index (χ2v) is 20.4. The first-order valence-electron chi connectivity index (χ1n) is 25.6. The number of pyridine rings is 2. The van der Waals surface area contributed by atoms with Crippen LogP contribution in [0.15, 0.2) is 97.8 Å². The van der Waals surface area contributed by atoms with Crippen molar-refractivity contribution in [3.63, 3.8) is 0 Å². The second-order valence-electron chi connectivity index (χ2n) is 20.4. The first kappa shape index (κ1) is 52.0. The molecule has 0 unspecified atom stereocenters. The average molecular weight is 1040 g/mol. The number of nitrogens with one attached hydrogen (secondary N) is 2. The molecule has 3 aliphatic rings. The second kappa shape index (κ2) is 20.9. The summed E-state index contributed by atoms with van der Waals surface area (Å²) in [5.41, 5.74) is 7.01. The molecule has 4 N–H and O–H groups in total. The first-order valence-corrected chi connectivity index (χ1v) is 25.6. The maximum Gasteiger partial charge on any atom is 0.405 e. The number of aliphatic hydroxyl groups is 2. The summed E-state index contributed by atoms with van der Waals surface area (Å²) in [4.78, 5) is 26.5. The number of aromatic nitrogens is 8. The maximum absolute atomic E-state index is 12.6. The largest absolute Gasteiger partial charge is 0.405 e. The van der Waals surface area contributed by atoms with Gasteiger partial charge >= 0.3 is 12.4 Å². The summed E-state index contributed by atoms with van der Waals surface area (Å²) in [5, 5.41) is 30.1. The van der Waals surface area contributed by atoms with Gasteiger partial charge in [-0.15, -0.1) is 0 Å². The summed E-state index contributed by atoms with van der Waals surface area (Å²) < 4.78 is 92.4. The number of rotatable bonds is 14. The Morgan fingerprint density at radius 1 is 0.600 bits per heavy atom. The zero-order chi connectivity index (χ0) is 52.8. The van der Waals surface area contributed by atoms with Gasteiger partial charge in [0.2, 0.25) is 0 Å². The molecule has 2 saturated carbocycles. The number of aliphatic hydroxyl groups excluding tert-OH is 2. The van der Waals surface area contributed by atoms with Crippen LogP contribution in [0.25, 0.3) is 43.9 Å². The number of hydrogen-bond donors (Lipinski definition) is 4. The highest BCUT2D eigenvalue weighted by molar-refractivity contribution is 5.82. The highest BCUT2D eigenvalue weighted by Gasteiger charge is 2.54. The monoisotopic (exact) mass is 1040 g/mol. The van der Waals surface area contributed by atoms with E-state index in [1.807, 2.05) is 67.9 Å². The third-order valence-electron chi connectivity index (χ3n) is 15.0. The van der Waals surface area contributed by atoms with Crippen molar-refractivity contribution in [3.05, 3.63) is 120 Å². The predicted octanol–water partition coefficient (Wildman–Crippen LogP) is 10.7. The van der Waals surface area contributed by atoms with E-state index in [-0.39, 0.29) is 47.8 Å². The predicted molar refractivity (Wildman–Crippen MR) is 273 cm³/mol. The molecule has 3 fully saturated rings. The topological polar surface area (TPSA) is 170 Å². The number of hydrogen-bond acceptors (Lipinski definition) is 12. The minimum Gasteiger partial charge on any atom is -0.390 e. The van der Waals surface area contributed by atoms with E-state index in [1.165, 1.54) is 12.4 Å². The first-order chi connectivity index (χ1) is 35.8. The van der Waals surface area contributed by atoms with Gasteiger partial charge in [-0.3, -0.25) is 0 Å². The molecule has 0 bridgehead atoms. The molecule has 75 heavy (non-hydrogen) atoms. The summed E-state index contributed by atoms with van der Waals surface area (Å²) in [6, 6.07) is 22.2. The lowest BCUT2D eigenvalue weighted by Crippen LogP contribution is -2.29. The lowest BCUT2D eigenvalue weighted by atomic mass is 9.95. The highest BCUT2D eigenvalue weighted by Crippen LogP contribution is 2.49. The molecular weight excluding hydrogens is 979 g/mol. The molecule has 396 valence electrons. The van der Waals surface area contributed by atoms with Gasteiger partial charge in [-0.1, -0.05) is 38.1 Å². The van der Waals surface area contributed by atoms with Crippen molar-refractivity contribution in [1.29, 1.82) is 0 Å². The smallest absolute Gasteiger partial charge is 0.390 e. The number of anilines is 2. The fourth-order valence-corrected chi connectivity index (χ4v) is 11.3. The van der Waals surface area contributed by atoms with E-state index in [0.717, 1.165) is 87.5 Å². The van der Waals surface area contributed by atoms with Crippen LogP contribution < -0.4 is 10.6 Å². The van der Waals surface area contributed by atoms with Gasteiger partial charge in [0.1, 0.15) is 60.9 Å². The molecule has 2 aromatic carbocycles. The quantitative estimate of drug-likeness (QED) is 0.0762. The van der Waals surface area contributed by atoms with Gasteiger partial charge in [0.15, 0.2) is 5.79 Å². The normalized spacial score (nSPS) is 23.5.